The van der Waals surface area contributed by atoms with Crippen molar-refractivity contribution in [2.45, 2.75) is 38.8 Å². The molecule has 1 aliphatic rings. The molecular weight excluding hydrogens is 200 g/mol. The summed E-state index contributed by atoms with van der Waals surface area (Å²) in [5, 5.41) is 17.9. The summed E-state index contributed by atoms with van der Waals surface area (Å²) in [7, 11) is 0. The van der Waals surface area contributed by atoms with Crippen LogP contribution in [0.2, 0.25) is 0 Å². The van der Waals surface area contributed by atoms with E-state index in [4.69, 9.17) is 10.5 Å². The van der Waals surface area contributed by atoms with Gasteiger partial charge in [-0.1, -0.05) is 13.3 Å². The Morgan fingerprint density at radius 2 is 1.62 bits per heavy atom. The molecule has 0 bridgehead atoms. The third-order valence-electron chi connectivity index (χ3n) is 3.24. The first-order valence-electron chi connectivity index (χ1n) is 6.00. The van der Waals surface area contributed by atoms with Gasteiger partial charge in [0.05, 0.1) is 24.2 Å². The number of hydrogen-bond acceptors (Lipinski definition) is 4. The van der Waals surface area contributed by atoms with Crippen LogP contribution in [0.1, 0.15) is 26.7 Å². The lowest BCUT2D eigenvalue weighted by molar-refractivity contribution is 0.0996. The molecule has 4 nitrogen and oxygen atoms in total. The lowest BCUT2D eigenvalue weighted by Gasteiger charge is -2.37. The molecule has 0 spiro atoms. The number of hydrogen-bond donors (Lipinski definition) is 0. The summed E-state index contributed by atoms with van der Waals surface area (Å²) in [5.41, 5.74) is 0. The Morgan fingerprint density at radius 1 is 1.06 bits per heavy atom. The van der Waals surface area contributed by atoms with Crippen molar-refractivity contribution in [1.29, 1.82) is 10.5 Å². The molecule has 4 heteroatoms. The first kappa shape index (κ1) is 13.0. The van der Waals surface area contributed by atoms with Crippen LogP contribution in [0.5, 0.6) is 0 Å². The van der Waals surface area contributed by atoms with Gasteiger partial charge in [0.15, 0.2) is 0 Å². The molecule has 1 heterocycles. The molecule has 0 aromatic rings. The van der Waals surface area contributed by atoms with E-state index < -0.39 is 0 Å². The molecule has 0 saturated carbocycles. The molecule has 0 aromatic heterocycles. The van der Waals surface area contributed by atoms with Gasteiger partial charge in [0.2, 0.25) is 0 Å². The number of nitriles is 2. The number of piperazine rings is 1. The van der Waals surface area contributed by atoms with E-state index in [1.54, 1.807) is 0 Å². The van der Waals surface area contributed by atoms with Crippen LogP contribution < -0.4 is 0 Å². The van der Waals surface area contributed by atoms with Gasteiger partial charge in [-0.15, -0.1) is 0 Å². The van der Waals surface area contributed by atoms with Crippen molar-refractivity contribution >= 4 is 0 Å². The lowest BCUT2D eigenvalue weighted by Crippen LogP contribution is -2.52. The SMILES string of the molecule is CCCC(C#N)N1CCN(C(C)C#N)CC1. The van der Waals surface area contributed by atoms with Crippen molar-refractivity contribution in [3.05, 3.63) is 0 Å². The first-order valence-corrected chi connectivity index (χ1v) is 6.00. The van der Waals surface area contributed by atoms with Crippen molar-refractivity contribution in [2.24, 2.45) is 0 Å². The second-order valence-corrected chi connectivity index (χ2v) is 4.31. The van der Waals surface area contributed by atoms with Gasteiger partial charge in [0.1, 0.15) is 0 Å². The molecule has 1 fully saturated rings. The van der Waals surface area contributed by atoms with Crippen LogP contribution in [-0.2, 0) is 0 Å². The average Bonchev–Trinajstić information content (AvgIpc) is 2.35. The van der Waals surface area contributed by atoms with E-state index in [1.165, 1.54) is 0 Å². The maximum Gasteiger partial charge on any atom is 0.0978 e. The third kappa shape index (κ3) is 3.20. The van der Waals surface area contributed by atoms with Gasteiger partial charge in [-0.05, 0) is 13.3 Å². The Morgan fingerprint density at radius 3 is 2.06 bits per heavy atom. The summed E-state index contributed by atoms with van der Waals surface area (Å²) in [4.78, 5) is 4.42. The summed E-state index contributed by atoms with van der Waals surface area (Å²) in [6.07, 6.45) is 2.00. The molecule has 16 heavy (non-hydrogen) atoms. The minimum Gasteiger partial charge on any atom is -0.286 e. The molecule has 0 radical (unpaired) electrons. The summed E-state index contributed by atoms with van der Waals surface area (Å²) >= 11 is 0. The van der Waals surface area contributed by atoms with Gasteiger partial charge in [-0.25, -0.2) is 0 Å². The molecule has 1 aliphatic heterocycles. The fourth-order valence-electron chi connectivity index (χ4n) is 2.12. The molecule has 0 amide bonds. The standard InChI is InChI=1S/C12H20N4/c1-3-4-12(10-14)16-7-5-15(6-8-16)11(2)9-13/h11-12H,3-8H2,1-2H3. The van der Waals surface area contributed by atoms with Crippen molar-refractivity contribution in [3.63, 3.8) is 0 Å². The summed E-state index contributed by atoms with van der Waals surface area (Å²) < 4.78 is 0. The zero-order valence-electron chi connectivity index (χ0n) is 10.2. The van der Waals surface area contributed by atoms with Crippen LogP contribution in [0.3, 0.4) is 0 Å². The smallest absolute Gasteiger partial charge is 0.0978 e. The van der Waals surface area contributed by atoms with Crippen molar-refractivity contribution in [2.75, 3.05) is 26.2 Å². The Bertz CT molecular complexity index is 280. The molecule has 1 rings (SSSR count). The quantitative estimate of drug-likeness (QED) is 0.714. The number of rotatable bonds is 4. The highest BCUT2D eigenvalue weighted by atomic mass is 15.3. The molecular formula is C12H20N4. The third-order valence-corrected chi connectivity index (χ3v) is 3.24. The summed E-state index contributed by atoms with van der Waals surface area (Å²) in [6.45, 7) is 7.66. The van der Waals surface area contributed by atoms with Gasteiger partial charge < -0.3 is 0 Å². The maximum atomic E-state index is 9.07. The van der Waals surface area contributed by atoms with E-state index in [0.29, 0.717) is 0 Å². The van der Waals surface area contributed by atoms with Gasteiger partial charge in [-0.2, -0.15) is 10.5 Å². The molecule has 88 valence electrons. The second kappa shape index (κ2) is 6.48. The summed E-state index contributed by atoms with van der Waals surface area (Å²) in [6, 6.07) is 4.69. The van der Waals surface area contributed by atoms with Crippen molar-refractivity contribution < 1.29 is 0 Å². The van der Waals surface area contributed by atoms with E-state index in [2.05, 4.69) is 28.9 Å². The predicted octanol–water partition coefficient (Wildman–Crippen LogP) is 1.21. The Hall–Kier alpha value is -1.10. The Labute approximate surface area is 98.1 Å². The van der Waals surface area contributed by atoms with Crippen molar-refractivity contribution in [3.8, 4) is 12.1 Å². The first-order chi connectivity index (χ1) is 7.72. The van der Waals surface area contributed by atoms with E-state index in [0.717, 1.165) is 39.0 Å². The number of nitrogens with zero attached hydrogens (tertiary/aromatic N) is 4. The molecule has 2 unspecified atom stereocenters. The van der Waals surface area contributed by atoms with Crippen LogP contribution in [0, 0.1) is 22.7 Å². The minimum atomic E-state index is -0.00568. The average molecular weight is 220 g/mol. The minimum absolute atomic E-state index is 0.00568. The predicted molar refractivity (Wildman–Crippen MR) is 62.5 cm³/mol. The fraction of sp³-hybridized carbons (Fsp3) is 0.833. The molecule has 0 N–H and O–H groups in total. The monoisotopic (exact) mass is 220 g/mol. The van der Waals surface area contributed by atoms with Gasteiger partial charge in [0, 0.05) is 26.2 Å². The van der Waals surface area contributed by atoms with E-state index >= 15 is 0 Å². The van der Waals surface area contributed by atoms with E-state index in [-0.39, 0.29) is 12.1 Å². The van der Waals surface area contributed by atoms with Crippen molar-refractivity contribution in [1.82, 2.24) is 9.80 Å². The van der Waals surface area contributed by atoms with Gasteiger partial charge in [-0.3, -0.25) is 9.80 Å². The van der Waals surface area contributed by atoms with Crippen LogP contribution in [-0.4, -0.2) is 48.1 Å². The van der Waals surface area contributed by atoms with E-state index in [9.17, 15) is 0 Å². The maximum absolute atomic E-state index is 9.07. The Balaban J connectivity index is 2.43. The highest BCUT2D eigenvalue weighted by Gasteiger charge is 2.25. The topological polar surface area (TPSA) is 54.1 Å². The van der Waals surface area contributed by atoms with Crippen LogP contribution >= 0.6 is 0 Å². The lowest BCUT2D eigenvalue weighted by atomic mass is 10.1. The fourth-order valence-corrected chi connectivity index (χ4v) is 2.12. The molecule has 0 aromatic carbocycles. The zero-order chi connectivity index (χ0) is 12.0. The zero-order valence-corrected chi connectivity index (χ0v) is 10.2. The van der Waals surface area contributed by atoms with Gasteiger partial charge in [0.25, 0.3) is 0 Å². The normalized spacial score (nSPS) is 22.0. The second-order valence-electron chi connectivity index (χ2n) is 4.31. The molecule has 2 atom stereocenters. The summed E-state index contributed by atoms with van der Waals surface area (Å²) in [5.74, 6) is 0. The highest BCUT2D eigenvalue weighted by Crippen LogP contribution is 2.12. The van der Waals surface area contributed by atoms with Crippen LogP contribution in [0.4, 0.5) is 0 Å². The highest BCUT2D eigenvalue weighted by molar-refractivity contribution is 4.96. The van der Waals surface area contributed by atoms with E-state index in [1.807, 2.05) is 6.92 Å². The molecule has 0 aliphatic carbocycles. The largest absolute Gasteiger partial charge is 0.286 e. The van der Waals surface area contributed by atoms with Crippen LogP contribution in [0.25, 0.3) is 0 Å². The van der Waals surface area contributed by atoms with Gasteiger partial charge >= 0.3 is 0 Å². The molecule has 1 saturated heterocycles. The Kier molecular flexibility index (Phi) is 5.25. The van der Waals surface area contributed by atoms with Crippen LogP contribution in [0.15, 0.2) is 0 Å².